The van der Waals surface area contributed by atoms with Crippen molar-refractivity contribution < 1.29 is 14.3 Å². The van der Waals surface area contributed by atoms with E-state index in [4.69, 9.17) is 4.74 Å². The van der Waals surface area contributed by atoms with Crippen LogP contribution >= 0.6 is 12.4 Å². The van der Waals surface area contributed by atoms with Crippen molar-refractivity contribution in [2.75, 3.05) is 38.6 Å². The van der Waals surface area contributed by atoms with Crippen molar-refractivity contribution in [1.82, 2.24) is 10.2 Å². The molecule has 0 saturated carbocycles. The molecule has 7 heteroatoms. The lowest BCUT2D eigenvalue weighted by molar-refractivity contribution is -0.107. The van der Waals surface area contributed by atoms with Gasteiger partial charge < -0.3 is 19.9 Å². The van der Waals surface area contributed by atoms with Gasteiger partial charge in [0.05, 0.1) is 0 Å². The molecule has 0 heterocycles. The van der Waals surface area contributed by atoms with Crippen molar-refractivity contribution in [3.05, 3.63) is 29.8 Å². The summed E-state index contributed by atoms with van der Waals surface area (Å²) in [5.41, 5.74) is 1.66. The number of amides is 2. The standard InChI is InChI=1S/C26H45N3O3.ClH/c1-4-5-6-7-8-9-10-11-12-15-21-29(23-30)25-18-14-13-17-24(25)22-32-26(31)27-19-16-20-28(2)3;/h13-14,17-18,23H,4-12,15-16,19-22H2,1-3H3,(H,27,31);1H. The minimum Gasteiger partial charge on any atom is -0.445 e. The van der Waals surface area contributed by atoms with Gasteiger partial charge in [-0.05, 0) is 39.5 Å². The number of benzene rings is 1. The molecular weight excluding hydrogens is 438 g/mol. The fourth-order valence-electron chi connectivity index (χ4n) is 3.69. The molecule has 0 radical (unpaired) electrons. The molecule has 0 unspecified atom stereocenters. The molecule has 0 spiro atoms. The van der Waals surface area contributed by atoms with Gasteiger partial charge >= 0.3 is 6.09 Å². The average molecular weight is 484 g/mol. The molecule has 1 aromatic carbocycles. The van der Waals surface area contributed by atoms with Gasteiger partial charge in [-0.2, -0.15) is 0 Å². The Morgan fingerprint density at radius 2 is 1.52 bits per heavy atom. The summed E-state index contributed by atoms with van der Waals surface area (Å²) >= 11 is 0. The second-order valence-corrected chi connectivity index (χ2v) is 8.77. The van der Waals surface area contributed by atoms with Crippen LogP contribution in [0, 0.1) is 0 Å². The van der Waals surface area contributed by atoms with Crippen molar-refractivity contribution >= 4 is 30.6 Å². The largest absolute Gasteiger partial charge is 0.445 e. The van der Waals surface area contributed by atoms with Gasteiger partial charge in [0.25, 0.3) is 0 Å². The number of unbranched alkanes of at least 4 members (excludes halogenated alkanes) is 9. The third kappa shape index (κ3) is 15.6. The fraction of sp³-hybridized carbons (Fsp3) is 0.692. The summed E-state index contributed by atoms with van der Waals surface area (Å²) in [7, 11) is 4.01. The van der Waals surface area contributed by atoms with E-state index in [0.717, 1.165) is 43.5 Å². The van der Waals surface area contributed by atoms with Gasteiger partial charge in [-0.1, -0.05) is 82.9 Å². The molecule has 0 atom stereocenters. The first-order valence-corrected chi connectivity index (χ1v) is 12.4. The van der Waals surface area contributed by atoms with Crippen LogP contribution in [-0.2, 0) is 16.1 Å². The number of ether oxygens (including phenoxy) is 1. The Morgan fingerprint density at radius 3 is 2.12 bits per heavy atom. The second kappa shape index (κ2) is 20.8. The Balaban J connectivity index is 0.0000102. The summed E-state index contributed by atoms with van der Waals surface area (Å²) in [5.74, 6) is 0. The molecule has 1 rings (SSSR count). The molecule has 0 bridgehead atoms. The number of alkyl carbamates (subject to hydrolysis) is 1. The second-order valence-electron chi connectivity index (χ2n) is 8.77. The van der Waals surface area contributed by atoms with E-state index in [9.17, 15) is 9.59 Å². The molecule has 0 fully saturated rings. The van der Waals surface area contributed by atoms with Crippen molar-refractivity contribution in [2.24, 2.45) is 0 Å². The molecule has 1 N–H and O–H groups in total. The lowest BCUT2D eigenvalue weighted by Gasteiger charge is -2.21. The first-order chi connectivity index (χ1) is 15.6. The van der Waals surface area contributed by atoms with Crippen molar-refractivity contribution in [1.29, 1.82) is 0 Å². The summed E-state index contributed by atoms with van der Waals surface area (Å²) in [6.45, 7) is 4.58. The van der Waals surface area contributed by atoms with E-state index in [2.05, 4.69) is 17.1 Å². The molecule has 190 valence electrons. The van der Waals surface area contributed by atoms with Crippen molar-refractivity contribution in [3.63, 3.8) is 0 Å². The predicted octanol–water partition coefficient (Wildman–Crippen LogP) is 6.17. The molecule has 0 aromatic heterocycles. The highest BCUT2D eigenvalue weighted by molar-refractivity contribution is 5.85. The summed E-state index contributed by atoms with van der Waals surface area (Å²) in [6.07, 6.45) is 14.0. The van der Waals surface area contributed by atoms with E-state index in [-0.39, 0.29) is 19.0 Å². The van der Waals surface area contributed by atoms with Gasteiger partial charge in [-0.15, -0.1) is 12.4 Å². The van der Waals surface area contributed by atoms with Crippen LogP contribution in [0.3, 0.4) is 0 Å². The molecule has 33 heavy (non-hydrogen) atoms. The van der Waals surface area contributed by atoms with Crippen LogP contribution in [0.5, 0.6) is 0 Å². The fourth-order valence-corrected chi connectivity index (χ4v) is 3.69. The van der Waals surface area contributed by atoms with Crippen LogP contribution in [0.2, 0.25) is 0 Å². The van der Waals surface area contributed by atoms with Crippen LogP contribution in [-0.4, -0.2) is 51.1 Å². The highest BCUT2D eigenvalue weighted by Crippen LogP contribution is 2.21. The van der Waals surface area contributed by atoms with Gasteiger partial charge in [-0.3, -0.25) is 4.79 Å². The maximum Gasteiger partial charge on any atom is 0.407 e. The van der Waals surface area contributed by atoms with Crippen LogP contribution in [0.1, 0.15) is 83.1 Å². The zero-order chi connectivity index (χ0) is 23.4. The van der Waals surface area contributed by atoms with Crippen molar-refractivity contribution in [3.8, 4) is 0 Å². The molecule has 6 nitrogen and oxygen atoms in total. The number of carbonyl (C=O) groups excluding carboxylic acids is 2. The van der Waals surface area contributed by atoms with E-state index < -0.39 is 6.09 Å². The molecule has 2 amide bonds. The SMILES string of the molecule is CCCCCCCCCCCCN(C=O)c1ccccc1COC(=O)NCCCN(C)C.Cl. The number of carbonyl (C=O) groups is 2. The smallest absolute Gasteiger partial charge is 0.407 e. The van der Waals surface area contributed by atoms with Gasteiger partial charge in [0.2, 0.25) is 6.41 Å². The molecule has 0 saturated heterocycles. The number of nitrogens with zero attached hydrogens (tertiary/aromatic N) is 2. The molecule has 0 aliphatic rings. The Morgan fingerprint density at radius 1 is 0.909 bits per heavy atom. The predicted molar refractivity (Wildman–Crippen MR) is 140 cm³/mol. The topological polar surface area (TPSA) is 61.9 Å². The van der Waals surface area contributed by atoms with E-state index in [0.29, 0.717) is 13.1 Å². The third-order valence-electron chi connectivity index (χ3n) is 5.59. The molecule has 0 aliphatic heterocycles. The average Bonchev–Trinajstić information content (AvgIpc) is 2.79. The Labute approximate surface area is 207 Å². The summed E-state index contributed by atoms with van der Waals surface area (Å²) in [6, 6.07) is 7.64. The first kappa shape index (κ1) is 31.2. The number of rotatable bonds is 19. The Hall–Kier alpha value is -1.79. The minimum absolute atomic E-state index is 0. The van der Waals surface area contributed by atoms with Gasteiger partial charge in [0.1, 0.15) is 6.61 Å². The summed E-state index contributed by atoms with van der Waals surface area (Å²) < 4.78 is 5.37. The molecule has 0 aliphatic carbocycles. The number of hydrogen-bond donors (Lipinski definition) is 1. The van der Waals surface area contributed by atoms with Gasteiger partial charge in [0, 0.05) is 24.3 Å². The van der Waals surface area contributed by atoms with E-state index >= 15 is 0 Å². The summed E-state index contributed by atoms with van der Waals surface area (Å²) in [5, 5.41) is 2.77. The quantitative estimate of drug-likeness (QED) is 0.189. The number of anilines is 1. The lowest BCUT2D eigenvalue weighted by Crippen LogP contribution is -2.28. The Bertz CT molecular complexity index is 629. The number of nitrogens with one attached hydrogen (secondary N) is 1. The maximum absolute atomic E-state index is 12.0. The van der Waals surface area contributed by atoms with Gasteiger partial charge in [0.15, 0.2) is 0 Å². The van der Waals surface area contributed by atoms with Crippen molar-refractivity contribution in [2.45, 2.75) is 84.2 Å². The van der Waals surface area contributed by atoms with Crippen LogP contribution in [0.25, 0.3) is 0 Å². The third-order valence-corrected chi connectivity index (χ3v) is 5.59. The van der Waals surface area contributed by atoms with E-state index in [1.54, 1.807) is 4.90 Å². The van der Waals surface area contributed by atoms with Crippen LogP contribution < -0.4 is 10.2 Å². The minimum atomic E-state index is -0.425. The number of halogens is 1. The number of para-hydroxylation sites is 1. The summed E-state index contributed by atoms with van der Waals surface area (Å²) in [4.78, 5) is 27.5. The highest BCUT2D eigenvalue weighted by atomic mass is 35.5. The zero-order valence-electron chi connectivity index (χ0n) is 21.0. The van der Waals surface area contributed by atoms with E-state index in [1.807, 2.05) is 38.4 Å². The van der Waals surface area contributed by atoms with Gasteiger partial charge in [-0.25, -0.2) is 4.79 Å². The first-order valence-electron chi connectivity index (χ1n) is 12.4. The van der Waals surface area contributed by atoms with E-state index in [1.165, 1.54) is 51.4 Å². The maximum atomic E-state index is 12.0. The van der Waals surface area contributed by atoms with Crippen LogP contribution in [0.15, 0.2) is 24.3 Å². The lowest BCUT2D eigenvalue weighted by atomic mass is 10.1. The Kier molecular flexibility index (Phi) is 19.7. The number of hydrogen-bond acceptors (Lipinski definition) is 4. The zero-order valence-corrected chi connectivity index (χ0v) is 21.8. The molecular formula is C26H46ClN3O3. The normalized spacial score (nSPS) is 10.5. The molecule has 1 aromatic rings. The highest BCUT2D eigenvalue weighted by Gasteiger charge is 2.12. The monoisotopic (exact) mass is 483 g/mol. The van der Waals surface area contributed by atoms with Crippen LogP contribution in [0.4, 0.5) is 10.5 Å².